The second kappa shape index (κ2) is 13.2. The van der Waals surface area contributed by atoms with E-state index in [9.17, 15) is 14.1 Å². The van der Waals surface area contributed by atoms with E-state index in [1.165, 1.54) is 0 Å². The average molecular weight is 386 g/mol. The van der Waals surface area contributed by atoms with E-state index < -0.39 is 11.4 Å². The van der Waals surface area contributed by atoms with E-state index >= 15 is 0 Å². The Kier molecular flexibility index (Phi) is 11.6. The summed E-state index contributed by atoms with van der Waals surface area (Å²) in [6, 6.07) is 0. The third-order valence-electron chi connectivity index (χ3n) is 4.52. The van der Waals surface area contributed by atoms with Crippen molar-refractivity contribution in [2.45, 2.75) is 52.4 Å². The normalized spacial score (nSPS) is 17.6. The second-order valence-corrected chi connectivity index (χ2v) is 8.59. The molecule has 1 rings (SSSR count). The van der Waals surface area contributed by atoms with Gasteiger partial charge in [0.25, 0.3) is 0 Å². The molecular formula is C19H35N3O3S. The Labute approximate surface area is 161 Å². The van der Waals surface area contributed by atoms with Crippen LogP contribution in [0.25, 0.3) is 0 Å². The molecule has 6 nitrogen and oxygen atoms in total. The van der Waals surface area contributed by atoms with Crippen LogP contribution < -0.4 is 10.6 Å². The third kappa shape index (κ3) is 10.2. The zero-order valence-electron chi connectivity index (χ0n) is 16.5. The lowest BCUT2D eigenvalue weighted by molar-refractivity contribution is -0.126. The zero-order valence-corrected chi connectivity index (χ0v) is 17.3. The number of allylic oxidation sites excluding steroid dienone is 1. The van der Waals surface area contributed by atoms with Gasteiger partial charge in [-0.1, -0.05) is 32.8 Å². The lowest BCUT2D eigenvalue weighted by Gasteiger charge is -2.29. The smallest absolute Gasteiger partial charge is 0.243 e. The molecule has 2 amide bonds. The first kappa shape index (κ1) is 23.0. The molecule has 1 aliphatic heterocycles. The fraction of sp³-hybridized carbons (Fsp3) is 0.789. The van der Waals surface area contributed by atoms with Gasteiger partial charge in [0.15, 0.2) is 0 Å². The quantitative estimate of drug-likeness (QED) is 0.324. The van der Waals surface area contributed by atoms with Crippen molar-refractivity contribution in [1.29, 1.82) is 0 Å². The molecule has 1 aliphatic rings. The van der Waals surface area contributed by atoms with Gasteiger partial charge in [-0.25, -0.2) is 0 Å². The summed E-state index contributed by atoms with van der Waals surface area (Å²) < 4.78 is 13.3. The fourth-order valence-electron chi connectivity index (χ4n) is 2.88. The fourth-order valence-corrected chi connectivity index (χ4v) is 3.61. The molecule has 1 atom stereocenters. The molecule has 1 fully saturated rings. The average Bonchev–Trinajstić information content (AvgIpc) is 2.62. The van der Waals surface area contributed by atoms with Crippen LogP contribution in [0.15, 0.2) is 12.2 Å². The van der Waals surface area contributed by atoms with Crippen LogP contribution in [0.3, 0.4) is 0 Å². The topological polar surface area (TPSA) is 84.5 Å². The van der Waals surface area contributed by atoms with E-state index in [1.807, 2.05) is 24.2 Å². The first-order valence-electron chi connectivity index (χ1n) is 9.72. The molecule has 0 radical (unpaired) electrons. The van der Waals surface area contributed by atoms with Crippen LogP contribution in [0.1, 0.15) is 52.4 Å². The molecule has 0 bridgehead atoms. The van der Waals surface area contributed by atoms with Gasteiger partial charge in [0.1, 0.15) is 6.26 Å². The summed E-state index contributed by atoms with van der Waals surface area (Å²) in [5, 5.41) is 5.90. The number of nitrogens with one attached hydrogen (secondary N) is 2. The molecule has 0 aromatic carbocycles. The molecule has 150 valence electrons. The van der Waals surface area contributed by atoms with Crippen LogP contribution in [0.5, 0.6) is 0 Å². The van der Waals surface area contributed by atoms with E-state index in [4.69, 9.17) is 0 Å². The molecule has 0 aromatic rings. The number of carbonyl (C=O) groups excluding carboxylic acids is 2. The van der Waals surface area contributed by atoms with Crippen LogP contribution in [0.2, 0.25) is 0 Å². The monoisotopic (exact) mass is 385 g/mol. The number of amides is 2. The molecule has 0 spiro atoms. The van der Waals surface area contributed by atoms with E-state index in [0.717, 1.165) is 51.6 Å². The van der Waals surface area contributed by atoms with Crippen LogP contribution in [0, 0.1) is 11.8 Å². The molecule has 2 N–H and O–H groups in total. The summed E-state index contributed by atoms with van der Waals surface area (Å²) in [5.74, 6) is 0.558. The number of hydrogen-bond acceptors (Lipinski definition) is 4. The first-order valence-corrected chi connectivity index (χ1v) is 11.2. The van der Waals surface area contributed by atoms with Crippen molar-refractivity contribution in [1.82, 2.24) is 14.9 Å². The molecule has 0 aromatic heterocycles. The van der Waals surface area contributed by atoms with Gasteiger partial charge >= 0.3 is 0 Å². The summed E-state index contributed by atoms with van der Waals surface area (Å²) in [6.45, 7) is 6.96. The molecule has 7 heteroatoms. The molecular weight excluding hydrogens is 350 g/mol. The number of piperidine rings is 1. The molecule has 26 heavy (non-hydrogen) atoms. The molecule has 0 aliphatic carbocycles. The van der Waals surface area contributed by atoms with Crippen molar-refractivity contribution in [3.63, 3.8) is 0 Å². The van der Waals surface area contributed by atoms with Crippen LogP contribution in [0.4, 0.5) is 0 Å². The SMILES string of the molecule is CC(C)/C=C/C(=O)NCCCCCCNC(=O)C1CCN([S+](C)[O-])CC1. The van der Waals surface area contributed by atoms with E-state index in [0.29, 0.717) is 19.0 Å². The van der Waals surface area contributed by atoms with E-state index in [-0.39, 0.29) is 17.7 Å². The van der Waals surface area contributed by atoms with Crippen molar-refractivity contribution >= 4 is 23.2 Å². The number of hydrogen-bond donors (Lipinski definition) is 2. The standard InChI is InChI=1S/C19H35N3O3S/c1-16(2)8-9-18(23)20-12-6-4-5-7-13-21-19(24)17-10-14-22(15-11-17)26(3)25/h8-9,16-17H,4-7,10-15H2,1-3H3,(H,20,23)(H,21,24)/b9-8+. The van der Waals surface area contributed by atoms with Gasteiger partial charge < -0.3 is 15.2 Å². The van der Waals surface area contributed by atoms with Gasteiger partial charge in [-0.05, 0) is 37.7 Å². The highest BCUT2D eigenvalue weighted by Gasteiger charge is 2.28. The van der Waals surface area contributed by atoms with E-state index in [2.05, 4.69) is 10.6 Å². The Morgan fingerprint density at radius 3 is 2.23 bits per heavy atom. The predicted molar refractivity (Wildman–Crippen MR) is 107 cm³/mol. The zero-order chi connectivity index (χ0) is 19.4. The van der Waals surface area contributed by atoms with Crippen molar-refractivity contribution < 1.29 is 14.1 Å². The van der Waals surface area contributed by atoms with Crippen LogP contribution in [-0.4, -0.2) is 53.1 Å². The number of nitrogens with zero attached hydrogens (tertiary/aromatic N) is 1. The van der Waals surface area contributed by atoms with Crippen molar-refractivity contribution in [3.8, 4) is 0 Å². The van der Waals surface area contributed by atoms with Gasteiger partial charge in [-0.2, -0.15) is 0 Å². The molecule has 1 heterocycles. The number of rotatable bonds is 11. The van der Waals surface area contributed by atoms with E-state index in [1.54, 1.807) is 12.3 Å². The highest BCUT2D eigenvalue weighted by Crippen LogP contribution is 2.19. The number of carbonyl (C=O) groups is 2. The van der Waals surface area contributed by atoms with Crippen LogP contribution in [-0.2, 0) is 21.0 Å². The minimum Gasteiger partial charge on any atom is -0.598 e. The molecule has 1 unspecified atom stereocenters. The highest BCUT2D eigenvalue weighted by atomic mass is 32.2. The van der Waals surface area contributed by atoms with Crippen molar-refractivity contribution in [2.75, 3.05) is 32.4 Å². The van der Waals surface area contributed by atoms with Gasteiger partial charge in [-0.15, -0.1) is 4.31 Å². The summed E-state index contributed by atoms with van der Waals surface area (Å²) >= 11 is -0.926. The van der Waals surface area contributed by atoms with Crippen molar-refractivity contribution in [2.24, 2.45) is 11.8 Å². The minimum atomic E-state index is -0.926. The lowest BCUT2D eigenvalue weighted by Crippen LogP contribution is -2.42. The Morgan fingerprint density at radius 2 is 1.69 bits per heavy atom. The van der Waals surface area contributed by atoms with Crippen molar-refractivity contribution in [3.05, 3.63) is 12.2 Å². The second-order valence-electron chi connectivity index (χ2n) is 7.23. The van der Waals surface area contributed by atoms with Gasteiger partial charge in [0.05, 0.1) is 0 Å². The van der Waals surface area contributed by atoms with Gasteiger partial charge in [0.2, 0.25) is 11.8 Å². The largest absolute Gasteiger partial charge is 0.598 e. The summed E-state index contributed by atoms with van der Waals surface area (Å²) in [6.07, 6.45) is 10.8. The number of unbranched alkanes of at least 4 members (excludes halogenated alkanes) is 3. The summed E-state index contributed by atoms with van der Waals surface area (Å²) in [4.78, 5) is 23.6. The maximum atomic E-state index is 12.1. The third-order valence-corrected chi connectivity index (χ3v) is 5.62. The maximum absolute atomic E-state index is 12.1. The first-order chi connectivity index (χ1) is 12.4. The molecule has 1 saturated heterocycles. The molecule has 0 saturated carbocycles. The van der Waals surface area contributed by atoms with Gasteiger partial charge in [0, 0.05) is 43.5 Å². The Morgan fingerprint density at radius 1 is 1.12 bits per heavy atom. The lowest BCUT2D eigenvalue weighted by atomic mass is 9.97. The highest BCUT2D eigenvalue weighted by molar-refractivity contribution is 7.88. The Bertz CT molecular complexity index is 447. The summed E-state index contributed by atoms with van der Waals surface area (Å²) in [7, 11) is 0. The Hall–Kier alpha value is -1.05. The predicted octanol–water partition coefficient (Wildman–Crippen LogP) is 2.00. The van der Waals surface area contributed by atoms with Crippen LogP contribution >= 0.6 is 0 Å². The Balaban J connectivity index is 1.97. The maximum Gasteiger partial charge on any atom is 0.243 e. The minimum absolute atomic E-state index is 0.0242. The van der Waals surface area contributed by atoms with Gasteiger partial charge in [-0.3, -0.25) is 9.59 Å². The summed E-state index contributed by atoms with van der Waals surface area (Å²) in [5.41, 5.74) is 0.